The molecule has 0 spiro atoms. The second-order valence-electron chi connectivity index (χ2n) is 6.17. The summed E-state index contributed by atoms with van der Waals surface area (Å²) in [7, 11) is 0. The number of hydrogen-bond donors (Lipinski definition) is 1. The fourth-order valence-electron chi connectivity index (χ4n) is 3.32. The Bertz CT molecular complexity index is 475. The molecule has 2 heteroatoms. The molecule has 2 aliphatic rings. The Balaban J connectivity index is 1.81. The number of aliphatic hydroxyl groups is 1. The first-order valence-electron chi connectivity index (χ1n) is 7.44. The summed E-state index contributed by atoms with van der Waals surface area (Å²) in [6.07, 6.45) is 6.93. The van der Waals surface area contributed by atoms with Crippen molar-refractivity contribution in [3.8, 4) is 6.07 Å². The van der Waals surface area contributed by atoms with Crippen LogP contribution >= 0.6 is 0 Å². The molecule has 0 heterocycles. The minimum atomic E-state index is -0.633. The van der Waals surface area contributed by atoms with E-state index in [9.17, 15) is 10.4 Å². The van der Waals surface area contributed by atoms with E-state index in [4.69, 9.17) is 0 Å². The van der Waals surface area contributed by atoms with Gasteiger partial charge in [-0.1, -0.05) is 43.5 Å². The van der Waals surface area contributed by atoms with Gasteiger partial charge in [0, 0.05) is 0 Å². The number of nitriles is 1. The lowest BCUT2D eigenvalue weighted by Gasteiger charge is -2.35. The van der Waals surface area contributed by atoms with Gasteiger partial charge in [-0.3, -0.25) is 0 Å². The van der Waals surface area contributed by atoms with Crippen molar-refractivity contribution >= 4 is 0 Å². The van der Waals surface area contributed by atoms with Crippen LogP contribution in [-0.2, 0) is 0 Å². The maximum Gasteiger partial charge on any atom is 0.0976 e. The maximum atomic E-state index is 10.6. The molecule has 0 radical (unpaired) electrons. The number of hydrogen-bond acceptors (Lipinski definition) is 2. The summed E-state index contributed by atoms with van der Waals surface area (Å²) in [6.45, 7) is 0. The summed E-state index contributed by atoms with van der Waals surface area (Å²) in [6, 6.07) is 10.7. The van der Waals surface area contributed by atoms with E-state index < -0.39 is 11.5 Å². The van der Waals surface area contributed by atoms with E-state index in [-0.39, 0.29) is 0 Å². The summed E-state index contributed by atoms with van der Waals surface area (Å²) < 4.78 is 0. The Kier molecular flexibility index (Phi) is 3.33. The van der Waals surface area contributed by atoms with E-state index in [1.165, 1.54) is 24.8 Å². The Morgan fingerprint density at radius 1 is 1.11 bits per heavy atom. The second kappa shape index (κ2) is 4.98. The Morgan fingerprint density at radius 3 is 2.26 bits per heavy atom. The molecule has 1 N–H and O–H groups in total. The fourth-order valence-corrected chi connectivity index (χ4v) is 3.32. The lowest BCUT2D eigenvalue weighted by molar-refractivity contribution is 0.0360. The number of benzene rings is 1. The highest BCUT2D eigenvalue weighted by Crippen LogP contribution is 2.46. The van der Waals surface area contributed by atoms with Gasteiger partial charge < -0.3 is 5.11 Å². The summed E-state index contributed by atoms with van der Waals surface area (Å²) in [5, 5.41) is 20.1. The number of nitrogens with zero attached hydrogens (tertiary/aromatic N) is 1. The highest BCUT2D eigenvalue weighted by Gasteiger charge is 2.40. The Labute approximate surface area is 115 Å². The van der Waals surface area contributed by atoms with E-state index >= 15 is 0 Å². The van der Waals surface area contributed by atoms with Crippen molar-refractivity contribution in [3.63, 3.8) is 0 Å². The van der Waals surface area contributed by atoms with Crippen molar-refractivity contribution in [1.82, 2.24) is 0 Å². The van der Waals surface area contributed by atoms with Crippen molar-refractivity contribution < 1.29 is 5.11 Å². The number of aliphatic hydroxyl groups excluding tert-OH is 1. The van der Waals surface area contributed by atoms with Crippen LogP contribution in [0.1, 0.15) is 68.1 Å². The molecule has 3 rings (SSSR count). The van der Waals surface area contributed by atoms with Gasteiger partial charge in [0.05, 0.1) is 17.6 Å². The molecule has 2 saturated carbocycles. The SMILES string of the molecule is N#CC1(C(O)c2ccc(C3CC3)cc2)CCCCC1. The van der Waals surface area contributed by atoms with Gasteiger partial charge in [-0.25, -0.2) is 0 Å². The van der Waals surface area contributed by atoms with Gasteiger partial charge in [0.15, 0.2) is 0 Å². The van der Waals surface area contributed by atoms with Gasteiger partial charge in [0.2, 0.25) is 0 Å². The number of rotatable bonds is 3. The van der Waals surface area contributed by atoms with Gasteiger partial charge >= 0.3 is 0 Å². The third-order valence-electron chi connectivity index (χ3n) is 4.79. The molecule has 0 amide bonds. The first kappa shape index (κ1) is 12.7. The van der Waals surface area contributed by atoms with E-state index in [2.05, 4.69) is 18.2 Å². The van der Waals surface area contributed by atoms with Crippen LogP contribution in [0.15, 0.2) is 24.3 Å². The van der Waals surface area contributed by atoms with Crippen molar-refractivity contribution in [2.75, 3.05) is 0 Å². The van der Waals surface area contributed by atoms with Crippen molar-refractivity contribution in [2.24, 2.45) is 5.41 Å². The van der Waals surface area contributed by atoms with Gasteiger partial charge in [0.1, 0.15) is 0 Å². The molecule has 2 fully saturated rings. The predicted molar refractivity (Wildman–Crippen MR) is 74.5 cm³/mol. The first-order valence-corrected chi connectivity index (χ1v) is 7.44. The van der Waals surface area contributed by atoms with Crippen molar-refractivity contribution in [2.45, 2.75) is 57.0 Å². The van der Waals surface area contributed by atoms with Gasteiger partial charge in [0.25, 0.3) is 0 Å². The normalized spacial score (nSPS) is 23.6. The van der Waals surface area contributed by atoms with Gasteiger partial charge in [-0.05, 0) is 42.7 Å². The molecular weight excluding hydrogens is 234 g/mol. The van der Waals surface area contributed by atoms with Crippen LogP contribution in [-0.4, -0.2) is 5.11 Å². The zero-order chi connectivity index (χ0) is 13.3. The monoisotopic (exact) mass is 255 g/mol. The maximum absolute atomic E-state index is 10.6. The molecule has 100 valence electrons. The molecule has 2 aliphatic carbocycles. The standard InChI is InChI=1S/C17H21NO/c18-12-17(10-2-1-3-11-17)16(19)15-8-6-14(7-9-15)13-4-5-13/h6-9,13,16,19H,1-5,10-11H2. The summed E-state index contributed by atoms with van der Waals surface area (Å²) in [5.74, 6) is 0.741. The Morgan fingerprint density at radius 2 is 1.74 bits per heavy atom. The molecule has 0 aliphatic heterocycles. The zero-order valence-electron chi connectivity index (χ0n) is 11.3. The third kappa shape index (κ3) is 2.40. The van der Waals surface area contributed by atoms with E-state index in [1.807, 2.05) is 12.1 Å². The molecule has 1 aromatic rings. The molecule has 0 saturated heterocycles. The van der Waals surface area contributed by atoms with E-state index in [0.717, 1.165) is 37.2 Å². The van der Waals surface area contributed by atoms with Crippen LogP contribution in [0.5, 0.6) is 0 Å². The van der Waals surface area contributed by atoms with Crippen LogP contribution in [0.2, 0.25) is 0 Å². The highest BCUT2D eigenvalue weighted by molar-refractivity contribution is 5.31. The van der Waals surface area contributed by atoms with Crippen LogP contribution in [0.3, 0.4) is 0 Å². The van der Waals surface area contributed by atoms with Crippen LogP contribution < -0.4 is 0 Å². The summed E-state index contributed by atoms with van der Waals surface area (Å²) >= 11 is 0. The zero-order valence-corrected chi connectivity index (χ0v) is 11.3. The Hall–Kier alpha value is -1.33. The van der Waals surface area contributed by atoms with Gasteiger partial charge in [-0.2, -0.15) is 5.26 Å². The summed E-state index contributed by atoms with van der Waals surface area (Å²) in [5.41, 5.74) is 1.73. The van der Waals surface area contributed by atoms with Crippen molar-refractivity contribution in [3.05, 3.63) is 35.4 Å². The van der Waals surface area contributed by atoms with Crippen LogP contribution in [0.25, 0.3) is 0 Å². The molecule has 1 atom stereocenters. The first-order chi connectivity index (χ1) is 9.25. The molecule has 0 bridgehead atoms. The quantitative estimate of drug-likeness (QED) is 0.884. The average Bonchev–Trinajstić information content (AvgIpc) is 3.32. The molecule has 2 nitrogen and oxygen atoms in total. The average molecular weight is 255 g/mol. The topological polar surface area (TPSA) is 44.0 Å². The smallest absolute Gasteiger partial charge is 0.0976 e. The third-order valence-corrected chi connectivity index (χ3v) is 4.79. The molecule has 1 unspecified atom stereocenters. The highest BCUT2D eigenvalue weighted by atomic mass is 16.3. The minimum Gasteiger partial charge on any atom is -0.387 e. The fraction of sp³-hybridized carbons (Fsp3) is 0.588. The van der Waals surface area contributed by atoms with Gasteiger partial charge in [-0.15, -0.1) is 0 Å². The lowest BCUT2D eigenvalue weighted by atomic mass is 9.69. The van der Waals surface area contributed by atoms with Crippen molar-refractivity contribution in [1.29, 1.82) is 5.26 Å². The molecular formula is C17H21NO. The molecule has 0 aromatic heterocycles. The van der Waals surface area contributed by atoms with E-state index in [0.29, 0.717) is 0 Å². The largest absolute Gasteiger partial charge is 0.387 e. The lowest BCUT2D eigenvalue weighted by Crippen LogP contribution is -2.30. The van der Waals surface area contributed by atoms with E-state index in [1.54, 1.807) is 0 Å². The predicted octanol–water partition coefficient (Wildman–Crippen LogP) is 4.07. The molecule has 1 aromatic carbocycles. The summed E-state index contributed by atoms with van der Waals surface area (Å²) in [4.78, 5) is 0. The second-order valence-corrected chi connectivity index (χ2v) is 6.17. The van der Waals surface area contributed by atoms with Crippen LogP contribution in [0, 0.1) is 16.7 Å². The molecule has 19 heavy (non-hydrogen) atoms. The minimum absolute atomic E-state index is 0.556. The van der Waals surface area contributed by atoms with Crippen LogP contribution in [0.4, 0.5) is 0 Å².